The number of benzene rings is 1. The molecule has 2 aliphatic heterocycles. The number of rotatable bonds is 3. The first kappa shape index (κ1) is 17.8. The molecule has 2 fully saturated rings. The molecular formula is C16H19ClN2O3S2. The topological polar surface area (TPSA) is 66.8 Å². The summed E-state index contributed by atoms with van der Waals surface area (Å²) in [5, 5.41) is 1.11. The molecule has 0 N–H and O–H groups in total. The van der Waals surface area contributed by atoms with Gasteiger partial charge in [-0.25, -0.2) is 8.42 Å². The lowest BCUT2D eigenvalue weighted by Gasteiger charge is -2.24. The Bertz CT molecular complexity index is 777. The van der Waals surface area contributed by atoms with Gasteiger partial charge in [-0.2, -0.15) is 4.99 Å². The minimum atomic E-state index is -3.06. The lowest BCUT2D eigenvalue weighted by atomic mass is 10.1. The van der Waals surface area contributed by atoms with E-state index in [9.17, 15) is 13.2 Å². The lowest BCUT2D eigenvalue weighted by Crippen LogP contribution is -2.37. The van der Waals surface area contributed by atoms with E-state index in [1.54, 1.807) is 12.1 Å². The average Bonchev–Trinajstić information content (AvgIpc) is 2.98. The molecule has 1 aromatic rings. The minimum Gasteiger partial charge on any atom is -0.316 e. The Labute approximate surface area is 151 Å². The molecule has 0 unspecified atom stereocenters. The van der Waals surface area contributed by atoms with E-state index in [4.69, 9.17) is 11.6 Å². The van der Waals surface area contributed by atoms with E-state index in [1.807, 2.05) is 30.9 Å². The van der Waals surface area contributed by atoms with Crippen molar-refractivity contribution >= 4 is 50.0 Å². The molecule has 1 aromatic carbocycles. The zero-order chi connectivity index (χ0) is 17.5. The van der Waals surface area contributed by atoms with Crippen LogP contribution in [-0.4, -0.2) is 42.3 Å². The normalized spacial score (nSPS) is 28.1. The standard InChI is InChI=1S/C16H19ClN2O3S2/c1-3-10(2)15(20)18-16-19(12-6-4-11(17)5-7-12)13-8-24(21,22)9-14(13)23-16/h4-7,10,13-14H,3,8-9H2,1-2H3/t10-,13+,14+/m1/s1. The summed E-state index contributed by atoms with van der Waals surface area (Å²) >= 11 is 7.34. The third-order valence-electron chi connectivity index (χ3n) is 4.41. The van der Waals surface area contributed by atoms with Gasteiger partial charge in [0.25, 0.3) is 5.91 Å². The van der Waals surface area contributed by atoms with Crippen LogP contribution >= 0.6 is 23.4 Å². The zero-order valence-electron chi connectivity index (χ0n) is 13.5. The number of nitrogens with zero attached hydrogens (tertiary/aromatic N) is 2. The van der Waals surface area contributed by atoms with Gasteiger partial charge in [-0.15, -0.1) is 0 Å². The number of carbonyl (C=O) groups is 1. The second-order valence-corrected chi connectivity index (χ2v) is 9.99. The van der Waals surface area contributed by atoms with E-state index < -0.39 is 9.84 Å². The summed E-state index contributed by atoms with van der Waals surface area (Å²) in [5.41, 5.74) is 0.812. The maximum absolute atomic E-state index is 12.2. The van der Waals surface area contributed by atoms with E-state index in [0.717, 1.165) is 12.1 Å². The first-order chi connectivity index (χ1) is 11.3. The number of halogens is 1. The van der Waals surface area contributed by atoms with Crippen molar-refractivity contribution < 1.29 is 13.2 Å². The molecule has 0 saturated carbocycles. The van der Waals surface area contributed by atoms with Gasteiger partial charge in [-0.05, 0) is 30.7 Å². The van der Waals surface area contributed by atoms with Crippen molar-refractivity contribution in [3.05, 3.63) is 29.3 Å². The molecule has 24 heavy (non-hydrogen) atoms. The van der Waals surface area contributed by atoms with Gasteiger partial charge >= 0.3 is 0 Å². The predicted molar refractivity (Wildman–Crippen MR) is 99.6 cm³/mol. The van der Waals surface area contributed by atoms with Crippen molar-refractivity contribution in [3.63, 3.8) is 0 Å². The predicted octanol–water partition coefficient (Wildman–Crippen LogP) is 2.99. The van der Waals surface area contributed by atoms with Crippen molar-refractivity contribution in [2.75, 3.05) is 16.4 Å². The van der Waals surface area contributed by atoms with Crippen LogP contribution in [0, 0.1) is 5.92 Å². The third kappa shape index (κ3) is 3.48. The average molecular weight is 387 g/mol. The number of thioether (sulfide) groups is 1. The first-order valence-electron chi connectivity index (χ1n) is 7.85. The third-order valence-corrected chi connectivity index (χ3v) is 7.87. The minimum absolute atomic E-state index is 0.0871. The molecule has 3 atom stereocenters. The van der Waals surface area contributed by atoms with Crippen LogP contribution in [0.25, 0.3) is 0 Å². The highest BCUT2D eigenvalue weighted by atomic mass is 35.5. The van der Waals surface area contributed by atoms with Crippen LogP contribution in [0.3, 0.4) is 0 Å². The molecule has 3 rings (SSSR count). The summed E-state index contributed by atoms with van der Waals surface area (Å²) in [5.74, 6) is -0.0941. The monoisotopic (exact) mass is 386 g/mol. The number of anilines is 1. The van der Waals surface area contributed by atoms with Gasteiger partial charge in [-0.3, -0.25) is 4.79 Å². The smallest absolute Gasteiger partial charge is 0.250 e. The number of hydrogen-bond donors (Lipinski definition) is 0. The van der Waals surface area contributed by atoms with E-state index in [1.165, 1.54) is 11.8 Å². The molecule has 130 valence electrons. The van der Waals surface area contributed by atoms with Gasteiger partial charge in [0.05, 0.1) is 17.5 Å². The van der Waals surface area contributed by atoms with Crippen molar-refractivity contribution in [1.82, 2.24) is 0 Å². The molecule has 5 nitrogen and oxygen atoms in total. The second kappa shape index (κ2) is 6.69. The zero-order valence-corrected chi connectivity index (χ0v) is 15.9. The van der Waals surface area contributed by atoms with Crippen LogP contribution < -0.4 is 4.90 Å². The second-order valence-electron chi connectivity index (χ2n) is 6.19. The summed E-state index contributed by atoms with van der Waals surface area (Å²) in [4.78, 5) is 18.4. The summed E-state index contributed by atoms with van der Waals surface area (Å²) in [6.45, 7) is 3.80. The highest BCUT2D eigenvalue weighted by Crippen LogP contribution is 2.41. The largest absolute Gasteiger partial charge is 0.316 e. The first-order valence-corrected chi connectivity index (χ1v) is 10.9. The summed E-state index contributed by atoms with van der Waals surface area (Å²) in [6, 6.07) is 6.99. The van der Waals surface area contributed by atoms with Crippen molar-refractivity contribution in [3.8, 4) is 0 Å². The molecule has 8 heteroatoms. The fraction of sp³-hybridized carbons (Fsp3) is 0.500. The Balaban J connectivity index is 1.98. The summed E-state index contributed by atoms with van der Waals surface area (Å²) < 4.78 is 24.0. The van der Waals surface area contributed by atoms with E-state index in [-0.39, 0.29) is 34.6 Å². The number of amides is 1. The van der Waals surface area contributed by atoms with Crippen LogP contribution in [0.2, 0.25) is 5.02 Å². The lowest BCUT2D eigenvalue weighted by molar-refractivity contribution is -0.121. The van der Waals surface area contributed by atoms with Crippen molar-refractivity contribution in [2.45, 2.75) is 31.6 Å². The van der Waals surface area contributed by atoms with E-state index in [2.05, 4.69) is 4.99 Å². The van der Waals surface area contributed by atoms with Crippen LogP contribution in [0.15, 0.2) is 29.3 Å². The van der Waals surface area contributed by atoms with E-state index in [0.29, 0.717) is 10.2 Å². The molecule has 1 amide bonds. The number of carbonyl (C=O) groups excluding carboxylic acids is 1. The van der Waals surface area contributed by atoms with E-state index >= 15 is 0 Å². The maximum atomic E-state index is 12.2. The molecular weight excluding hydrogens is 368 g/mol. The van der Waals surface area contributed by atoms with Crippen LogP contribution in [0.5, 0.6) is 0 Å². The summed E-state index contributed by atoms with van der Waals surface area (Å²) in [7, 11) is -3.06. The number of aliphatic imine (C=N–C) groups is 1. The Kier molecular flexibility index (Phi) is 4.95. The van der Waals surface area contributed by atoms with Crippen LogP contribution in [-0.2, 0) is 14.6 Å². The van der Waals surface area contributed by atoms with Crippen molar-refractivity contribution in [1.29, 1.82) is 0 Å². The van der Waals surface area contributed by atoms with Gasteiger partial charge in [0.2, 0.25) is 0 Å². The van der Waals surface area contributed by atoms with Gasteiger partial charge in [0, 0.05) is 21.9 Å². The molecule has 0 aliphatic carbocycles. The van der Waals surface area contributed by atoms with Crippen LogP contribution in [0.4, 0.5) is 5.69 Å². The highest BCUT2D eigenvalue weighted by Gasteiger charge is 2.49. The Morgan fingerprint density at radius 2 is 2.04 bits per heavy atom. The highest BCUT2D eigenvalue weighted by molar-refractivity contribution is 8.16. The Morgan fingerprint density at radius 3 is 2.67 bits per heavy atom. The van der Waals surface area contributed by atoms with Gasteiger partial charge in [-0.1, -0.05) is 37.2 Å². The Morgan fingerprint density at radius 1 is 1.38 bits per heavy atom. The number of fused-ring (bicyclic) bond motifs is 1. The molecule has 2 aliphatic rings. The molecule has 0 bridgehead atoms. The van der Waals surface area contributed by atoms with Gasteiger partial charge in [0.15, 0.2) is 15.0 Å². The molecule has 0 aromatic heterocycles. The fourth-order valence-corrected chi connectivity index (χ4v) is 6.89. The van der Waals surface area contributed by atoms with Gasteiger partial charge < -0.3 is 4.90 Å². The molecule has 0 spiro atoms. The molecule has 0 radical (unpaired) electrons. The fourth-order valence-electron chi connectivity index (χ4n) is 2.85. The molecule has 2 heterocycles. The van der Waals surface area contributed by atoms with Crippen LogP contribution in [0.1, 0.15) is 20.3 Å². The maximum Gasteiger partial charge on any atom is 0.250 e. The number of sulfone groups is 1. The SMILES string of the molecule is CC[C@@H](C)C(=O)N=C1S[C@H]2CS(=O)(=O)C[C@@H]2N1c1ccc(Cl)cc1. The van der Waals surface area contributed by atoms with Crippen molar-refractivity contribution in [2.24, 2.45) is 10.9 Å². The number of hydrogen-bond acceptors (Lipinski definition) is 4. The quantitative estimate of drug-likeness (QED) is 0.798. The Hall–Kier alpha value is -1.05. The summed E-state index contributed by atoms with van der Waals surface area (Å²) in [6.07, 6.45) is 0.725. The van der Waals surface area contributed by atoms with Gasteiger partial charge in [0.1, 0.15) is 0 Å². The molecule has 2 saturated heterocycles. The number of amidine groups is 1.